The van der Waals surface area contributed by atoms with Crippen LogP contribution in [0.2, 0.25) is 0 Å². The smallest absolute Gasteiger partial charge is 0.267 e. The summed E-state index contributed by atoms with van der Waals surface area (Å²) in [5, 5.41) is 6.46. The molecule has 1 amide bonds. The Morgan fingerprint density at radius 3 is 2.82 bits per heavy atom. The molecule has 0 unspecified atom stereocenters. The Hall–Kier alpha value is -1.16. The van der Waals surface area contributed by atoms with Crippen molar-refractivity contribution in [2.75, 3.05) is 0 Å². The molecular formula is C18H26N2OS. The summed E-state index contributed by atoms with van der Waals surface area (Å²) in [5.74, 6) is 0.640. The van der Waals surface area contributed by atoms with E-state index < -0.39 is 0 Å². The van der Waals surface area contributed by atoms with Crippen molar-refractivity contribution in [3.63, 3.8) is 0 Å². The molecule has 0 aliphatic heterocycles. The van der Waals surface area contributed by atoms with Gasteiger partial charge in [0.15, 0.2) is 0 Å². The molecule has 22 heavy (non-hydrogen) atoms. The van der Waals surface area contributed by atoms with Crippen molar-refractivity contribution in [3.8, 4) is 0 Å². The van der Waals surface area contributed by atoms with Gasteiger partial charge in [0.1, 0.15) is 0 Å². The van der Waals surface area contributed by atoms with Gasteiger partial charge in [0.2, 0.25) is 0 Å². The first-order valence-electron chi connectivity index (χ1n) is 8.33. The molecule has 3 nitrogen and oxygen atoms in total. The van der Waals surface area contributed by atoms with Crippen molar-refractivity contribution in [1.29, 1.82) is 0 Å². The van der Waals surface area contributed by atoms with Gasteiger partial charge in [0, 0.05) is 21.4 Å². The summed E-state index contributed by atoms with van der Waals surface area (Å²) < 4.78 is 0. The third-order valence-corrected chi connectivity index (χ3v) is 7.21. The number of amides is 1. The van der Waals surface area contributed by atoms with Gasteiger partial charge in [-0.15, -0.1) is 11.3 Å². The first-order chi connectivity index (χ1) is 10.4. The molecule has 1 N–H and O–H groups in total. The van der Waals surface area contributed by atoms with Crippen molar-refractivity contribution in [3.05, 3.63) is 21.9 Å². The largest absolute Gasteiger partial charge is 0.272 e. The minimum absolute atomic E-state index is 0.0738. The second-order valence-electron chi connectivity index (χ2n) is 7.54. The maximum absolute atomic E-state index is 12.3. The molecule has 1 aromatic heterocycles. The number of rotatable bonds is 4. The number of carbonyl (C=O) groups excluding carboxylic acids is 1. The van der Waals surface area contributed by atoms with Crippen molar-refractivity contribution in [1.82, 2.24) is 5.43 Å². The highest BCUT2D eigenvalue weighted by Gasteiger charge is 2.59. The van der Waals surface area contributed by atoms with Crippen LogP contribution in [0.5, 0.6) is 0 Å². The van der Waals surface area contributed by atoms with Crippen molar-refractivity contribution >= 4 is 23.0 Å². The molecule has 2 bridgehead atoms. The highest BCUT2D eigenvalue weighted by Crippen LogP contribution is 2.63. The van der Waals surface area contributed by atoms with E-state index in [4.69, 9.17) is 0 Å². The highest BCUT2D eigenvalue weighted by molar-refractivity contribution is 7.10. The number of hydrogen-bond acceptors (Lipinski definition) is 3. The number of thiophene rings is 1. The number of hydrogen-bond donors (Lipinski definition) is 1. The molecule has 120 valence electrons. The van der Waals surface area contributed by atoms with Crippen LogP contribution >= 0.6 is 11.3 Å². The Balaban J connectivity index is 1.70. The van der Waals surface area contributed by atoms with Gasteiger partial charge in [-0.3, -0.25) is 4.79 Å². The fourth-order valence-electron chi connectivity index (χ4n) is 4.16. The van der Waals surface area contributed by atoms with Crippen LogP contribution in [-0.4, -0.2) is 11.6 Å². The topological polar surface area (TPSA) is 41.5 Å². The van der Waals surface area contributed by atoms with Crippen LogP contribution in [0, 0.1) is 16.7 Å². The quantitative estimate of drug-likeness (QED) is 0.808. The van der Waals surface area contributed by atoms with E-state index in [1.807, 2.05) is 11.4 Å². The van der Waals surface area contributed by atoms with Crippen LogP contribution in [0.25, 0.3) is 0 Å². The zero-order valence-corrected chi connectivity index (χ0v) is 14.8. The molecule has 2 fully saturated rings. The van der Waals surface area contributed by atoms with Crippen LogP contribution in [0.4, 0.5) is 0 Å². The van der Waals surface area contributed by atoms with E-state index in [2.05, 4.69) is 38.2 Å². The number of carbonyl (C=O) groups is 1. The van der Waals surface area contributed by atoms with Crippen molar-refractivity contribution in [2.24, 2.45) is 21.8 Å². The Labute approximate surface area is 137 Å². The van der Waals surface area contributed by atoms with Crippen LogP contribution in [0.3, 0.4) is 0 Å². The summed E-state index contributed by atoms with van der Waals surface area (Å²) in [5.41, 5.74) is 5.17. The van der Waals surface area contributed by atoms with Gasteiger partial charge in [-0.1, -0.05) is 34.1 Å². The maximum atomic E-state index is 12.3. The molecule has 1 heterocycles. The van der Waals surface area contributed by atoms with Crippen molar-refractivity contribution in [2.45, 2.75) is 59.8 Å². The maximum Gasteiger partial charge on any atom is 0.272 e. The fourth-order valence-corrected chi connectivity index (χ4v) is 5.13. The van der Waals surface area contributed by atoms with E-state index in [9.17, 15) is 4.79 Å². The van der Waals surface area contributed by atoms with E-state index in [1.54, 1.807) is 11.3 Å². The minimum atomic E-state index is -0.0738. The zero-order valence-electron chi connectivity index (χ0n) is 14.0. The second kappa shape index (κ2) is 5.48. The van der Waals surface area contributed by atoms with Gasteiger partial charge in [-0.2, -0.15) is 5.10 Å². The van der Waals surface area contributed by atoms with Gasteiger partial charge in [0.25, 0.3) is 5.91 Å². The van der Waals surface area contributed by atoms with E-state index in [1.165, 1.54) is 23.4 Å². The molecule has 0 radical (unpaired) electrons. The fraction of sp³-hybridized carbons (Fsp3) is 0.667. The molecule has 0 aromatic carbocycles. The molecule has 0 saturated heterocycles. The Morgan fingerprint density at radius 1 is 1.45 bits per heavy atom. The molecule has 2 saturated carbocycles. The molecule has 3 rings (SSSR count). The molecular weight excluding hydrogens is 292 g/mol. The van der Waals surface area contributed by atoms with Gasteiger partial charge >= 0.3 is 0 Å². The Kier molecular flexibility index (Phi) is 3.92. The lowest BCUT2D eigenvalue weighted by atomic mass is 9.70. The summed E-state index contributed by atoms with van der Waals surface area (Å²) in [6.45, 7) is 9.17. The normalized spacial score (nSPS) is 30.9. The summed E-state index contributed by atoms with van der Waals surface area (Å²) >= 11 is 1.66. The van der Waals surface area contributed by atoms with Gasteiger partial charge in [-0.25, -0.2) is 5.43 Å². The molecule has 2 aliphatic rings. The minimum Gasteiger partial charge on any atom is -0.267 e. The molecule has 4 heteroatoms. The number of nitrogens with one attached hydrogen (secondary N) is 1. The average molecular weight is 318 g/mol. The molecule has 2 atom stereocenters. The standard InChI is InChI=1S/C18H26N2OS/c1-5-6-14-9-12(11-22-14)16(21)20-19-15-10-13-7-8-18(15,4)17(13,2)3/h9,11,13H,5-8,10H2,1-4H3,(H,20,21)/b19-15-/t13-,18-/m1/s1. The van der Waals surface area contributed by atoms with Gasteiger partial charge < -0.3 is 0 Å². The summed E-state index contributed by atoms with van der Waals surface area (Å²) in [6.07, 6.45) is 5.67. The molecule has 1 aromatic rings. The highest BCUT2D eigenvalue weighted by atomic mass is 32.1. The first-order valence-corrected chi connectivity index (χ1v) is 9.21. The number of aryl methyl sites for hydroxylation is 1. The zero-order chi connectivity index (χ0) is 16.0. The molecule has 2 aliphatic carbocycles. The third kappa shape index (κ3) is 2.32. The van der Waals surface area contributed by atoms with Crippen molar-refractivity contribution < 1.29 is 4.79 Å². The second-order valence-corrected chi connectivity index (χ2v) is 8.54. The van der Waals surface area contributed by atoms with E-state index >= 15 is 0 Å². The summed E-state index contributed by atoms with van der Waals surface area (Å²) in [4.78, 5) is 13.6. The summed E-state index contributed by atoms with van der Waals surface area (Å²) in [6, 6.07) is 2.00. The Bertz CT molecular complexity index is 616. The van der Waals surface area contributed by atoms with E-state index in [-0.39, 0.29) is 11.3 Å². The van der Waals surface area contributed by atoms with E-state index in [0.717, 1.165) is 24.8 Å². The molecule has 0 spiro atoms. The third-order valence-electron chi connectivity index (χ3n) is 6.22. The predicted molar refractivity (Wildman–Crippen MR) is 92.4 cm³/mol. The predicted octanol–water partition coefficient (Wildman–Crippen LogP) is 4.63. The van der Waals surface area contributed by atoms with E-state index in [0.29, 0.717) is 11.3 Å². The number of fused-ring (bicyclic) bond motifs is 2. The lowest BCUT2D eigenvalue weighted by Gasteiger charge is -2.34. The van der Waals surface area contributed by atoms with Gasteiger partial charge in [0.05, 0.1) is 5.56 Å². The van der Waals surface area contributed by atoms with Crippen LogP contribution in [0.15, 0.2) is 16.5 Å². The summed E-state index contributed by atoms with van der Waals surface area (Å²) in [7, 11) is 0. The lowest BCUT2D eigenvalue weighted by molar-refractivity contribution is 0.0954. The average Bonchev–Trinajstić information content (AvgIpc) is 3.07. The first kappa shape index (κ1) is 15.7. The monoisotopic (exact) mass is 318 g/mol. The van der Waals surface area contributed by atoms with Crippen LogP contribution < -0.4 is 5.43 Å². The Morgan fingerprint density at radius 2 is 2.23 bits per heavy atom. The number of nitrogens with zero attached hydrogens (tertiary/aromatic N) is 1. The van der Waals surface area contributed by atoms with Gasteiger partial charge in [-0.05, 0) is 43.1 Å². The van der Waals surface area contributed by atoms with Crippen LogP contribution in [0.1, 0.15) is 68.6 Å². The lowest BCUT2D eigenvalue weighted by Crippen LogP contribution is -2.34. The van der Waals surface area contributed by atoms with Crippen LogP contribution in [-0.2, 0) is 6.42 Å². The number of hydrazone groups is 1. The SMILES string of the molecule is CCCc1cc(C(=O)N/N=C2/C[C@H]3CC[C@@]2(C)C3(C)C)cs1.